The van der Waals surface area contributed by atoms with Crippen molar-refractivity contribution in [1.82, 2.24) is 4.90 Å². The molecule has 0 radical (unpaired) electrons. The van der Waals surface area contributed by atoms with Crippen molar-refractivity contribution in [2.45, 2.75) is 32.4 Å². The Kier molecular flexibility index (Phi) is 7.10. The van der Waals surface area contributed by atoms with E-state index < -0.39 is 9.84 Å². The van der Waals surface area contributed by atoms with Gasteiger partial charge in [0.15, 0.2) is 9.84 Å². The molecular formula is C10H22N2O2S2. The summed E-state index contributed by atoms with van der Waals surface area (Å²) in [5.41, 5.74) is 5.46. The van der Waals surface area contributed by atoms with E-state index in [-0.39, 0.29) is 11.0 Å². The van der Waals surface area contributed by atoms with Gasteiger partial charge in [-0.2, -0.15) is 0 Å². The highest BCUT2D eigenvalue weighted by molar-refractivity contribution is 7.92. The highest BCUT2D eigenvalue weighted by Crippen LogP contribution is 2.02. The van der Waals surface area contributed by atoms with E-state index >= 15 is 0 Å². The Labute approximate surface area is 104 Å². The smallest absolute Gasteiger partial charge is 0.153 e. The monoisotopic (exact) mass is 266 g/mol. The highest BCUT2D eigenvalue weighted by Gasteiger charge is 2.17. The Morgan fingerprint density at radius 1 is 1.38 bits per heavy atom. The van der Waals surface area contributed by atoms with Crippen LogP contribution in [0.3, 0.4) is 0 Å². The van der Waals surface area contributed by atoms with Crippen molar-refractivity contribution >= 4 is 27.0 Å². The zero-order chi connectivity index (χ0) is 12.8. The molecule has 6 heteroatoms. The molecule has 0 bridgehead atoms. The summed E-state index contributed by atoms with van der Waals surface area (Å²) in [5, 5.41) is -0.319. The van der Waals surface area contributed by atoms with Gasteiger partial charge in [0.2, 0.25) is 0 Å². The van der Waals surface area contributed by atoms with Crippen molar-refractivity contribution in [3.05, 3.63) is 0 Å². The molecule has 0 saturated carbocycles. The van der Waals surface area contributed by atoms with Gasteiger partial charge in [-0.3, -0.25) is 4.90 Å². The lowest BCUT2D eigenvalue weighted by molar-refractivity contribution is 0.330. The lowest BCUT2D eigenvalue weighted by atomic mass is 10.4. The number of thiocarbonyl (C=S) groups is 1. The molecule has 96 valence electrons. The summed E-state index contributed by atoms with van der Waals surface area (Å²) >= 11 is 4.83. The summed E-state index contributed by atoms with van der Waals surface area (Å²) in [7, 11) is -2.97. The molecule has 0 aliphatic carbocycles. The van der Waals surface area contributed by atoms with Gasteiger partial charge in [-0.25, -0.2) is 8.42 Å². The molecule has 0 fully saturated rings. The molecular weight excluding hydrogens is 244 g/mol. The molecule has 4 nitrogen and oxygen atoms in total. The average molecular weight is 266 g/mol. The molecule has 0 spiro atoms. The van der Waals surface area contributed by atoms with Gasteiger partial charge in [0.05, 0.1) is 16.0 Å². The normalized spacial score (nSPS) is 12.3. The molecule has 0 aliphatic rings. The van der Waals surface area contributed by atoms with Crippen LogP contribution in [-0.4, -0.2) is 48.9 Å². The Morgan fingerprint density at radius 2 is 1.94 bits per heavy atom. The molecule has 0 aromatic heterocycles. The molecule has 0 heterocycles. The average Bonchev–Trinajstić information content (AvgIpc) is 2.13. The molecule has 0 saturated heterocycles. The molecule has 0 amide bonds. The third-order valence-electron chi connectivity index (χ3n) is 2.33. The Hall–Kier alpha value is -0.200. The summed E-state index contributed by atoms with van der Waals surface area (Å²) in [5.74, 6) is 0.174. The number of hydrogen-bond acceptors (Lipinski definition) is 4. The van der Waals surface area contributed by atoms with Crippen LogP contribution in [0.5, 0.6) is 0 Å². The second-order valence-corrected chi connectivity index (χ2v) is 7.36. The van der Waals surface area contributed by atoms with E-state index in [4.69, 9.17) is 18.0 Å². The van der Waals surface area contributed by atoms with Gasteiger partial charge in [0.25, 0.3) is 0 Å². The summed E-state index contributed by atoms with van der Waals surface area (Å²) in [6.07, 6.45) is 0.963. The Morgan fingerprint density at radius 3 is 2.31 bits per heavy atom. The minimum atomic E-state index is -2.97. The maximum Gasteiger partial charge on any atom is 0.153 e. The van der Waals surface area contributed by atoms with Crippen LogP contribution in [0.25, 0.3) is 0 Å². The maximum absolute atomic E-state index is 11.6. The van der Waals surface area contributed by atoms with E-state index in [1.807, 2.05) is 11.8 Å². The van der Waals surface area contributed by atoms with Crippen molar-refractivity contribution in [3.63, 3.8) is 0 Å². The van der Waals surface area contributed by atoms with E-state index in [1.54, 1.807) is 13.8 Å². The molecule has 0 aliphatic heterocycles. The number of nitrogens with two attached hydrogens (primary N) is 1. The van der Waals surface area contributed by atoms with Crippen molar-refractivity contribution in [3.8, 4) is 0 Å². The van der Waals surface area contributed by atoms with Gasteiger partial charge in [0, 0.05) is 13.1 Å². The topological polar surface area (TPSA) is 63.4 Å². The molecule has 0 rings (SSSR count). The molecule has 0 aromatic carbocycles. The summed E-state index contributed by atoms with van der Waals surface area (Å²) < 4.78 is 23.3. The first-order valence-corrected chi connectivity index (χ1v) is 7.64. The maximum atomic E-state index is 11.6. The third kappa shape index (κ3) is 6.40. The number of nitrogens with zero attached hydrogens (tertiary/aromatic N) is 1. The van der Waals surface area contributed by atoms with Crippen LogP contribution >= 0.6 is 12.2 Å². The second-order valence-electron chi connectivity index (χ2n) is 4.16. The van der Waals surface area contributed by atoms with E-state index in [2.05, 4.69) is 0 Å². The number of rotatable bonds is 8. The predicted octanol–water partition coefficient (Wildman–Crippen LogP) is 0.808. The SMILES string of the molecule is CCCN(CCS(=O)(=O)C(C)C)CC(N)=S. The van der Waals surface area contributed by atoms with Crippen molar-refractivity contribution in [1.29, 1.82) is 0 Å². The van der Waals surface area contributed by atoms with Gasteiger partial charge >= 0.3 is 0 Å². The predicted molar refractivity (Wildman–Crippen MR) is 72.4 cm³/mol. The molecule has 0 unspecified atom stereocenters. The van der Waals surface area contributed by atoms with Gasteiger partial charge in [0.1, 0.15) is 0 Å². The number of hydrogen-bond donors (Lipinski definition) is 1. The largest absolute Gasteiger partial charge is 0.392 e. The Bertz CT molecular complexity index is 313. The molecule has 0 aromatic rings. The minimum absolute atomic E-state index is 0.174. The second kappa shape index (κ2) is 7.19. The fourth-order valence-electron chi connectivity index (χ4n) is 1.30. The van der Waals surface area contributed by atoms with Crippen LogP contribution in [-0.2, 0) is 9.84 Å². The van der Waals surface area contributed by atoms with E-state index in [0.717, 1.165) is 13.0 Å². The summed E-state index contributed by atoms with van der Waals surface area (Å²) in [6, 6.07) is 0. The van der Waals surface area contributed by atoms with Crippen LogP contribution in [0.2, 0.25) is 0 Å². The first-order chi connectivity index (χ1) is 7.29. The first kappa shape index (κ1) is 15.8. The fourth-order valence-corrected chi connectivity index (χ4v) is 2.47. The van der Waals surface area contributed by atoms with Crippen LogP contribution in [0.4, 0.5) is 0 Å². The van der Waals surface area contributed by atoms with Crippen LogP contribution < -0.4 is 5.73 Å². The molecule has 0 atom stereocenters. The van der Waals surface area contributed by atoms with Crippen LogP contribution in [0.1, 0.15) is 27.2 Å². The first-order valence-electron chi connectivity index (χ1n) is 5.51. The Balaban J connectivity index is 4.26. The van der Waals surface area contributed by atoms with Gasteiger partial charge in [-0.1, -0.05) is 19.1 Å². The van der Waals surface area contributed by atoms with Crippen molar-refractivity contribution in [2.75, 3.05) is 25.4 Å². The zero-order valence-corrected chi connectivity index (χ0v) is 11.9. The zero-order valence-electron chi connectivity index (χ0n) is 10.3. The molecule has 16 heavy (non-hydrogen) atoms. The van der Waals surface area contributed by atoms with Gasteiger partial charge in [-0.15, -0.1) is 0 Å². The minimum Gasteiger partial charge on any atom is -0.392 e. The van der Waals surface area contributed by atoms with Crippen molar-refractivity contribution < 1.29 is 8.42 Å². The summed E-state index contributed by atoms with van der Waals surface area (Å²) in [4.78, 5) is 2.40. The van der Waals surface area contributed by atoms with E-state index in [0.29, 0.717) is 18.1 Å². The molecule has 2 N–H and O–H groups in total. The summed E-state index contributed by atoms with van der Waals surface area (Å²) in [6.45, 7) is 7.27. The van der Waals surface area contributed by atoms with E-state index in [9.17, 15) is 8.42 Å². The lowest BCUT2D eigenvalue weighted by Crippen LogP contribution is -2.37. The third-order valence-corrected chi connectivity index (χ3v) is 4.65. The fraction of sp³-hybridized carbons (Fsp3) is 0.900. The van der Waals surface area contributed by atoms with Crippen LogP contribution in [0.15, 0.2) is 0 Å². The quantitative estimate of drug-likeness (QED) is 0.659. The van der Waals surface area contributed by atoms with Gasteiger partial charge in [-0.05, 0) is 26.8 Å². The van der Waals surface area contributed by atoms with E-state index in [1.165, 1.54) is 0 Å². The number of sulfone groups is 1. The highest BCUT2D eigenvalue weighted by atomic mass is 32.2. The van der Waals surface area contributed by atoms with Gasteiger partial charge < -0.3 is 5.73 Å². The van der Waals surface area contributed by atoms with Crippen molar-refractivity contribution in [2.24, 2.45) is 5.73 Å². The lowest BCUT2D eigenvalue weighted by Gasteiger charge is -2.21. The standard InChI is InChI=1S/C10H22N2O2S2/c1-4-5-12(8-10(11)15)6-7-16(13,14)9(2)3/h9H,4-8H2,1-3H3,(H2,11,15). The van der Waals surface area contributed by atoms with Crippen LogP contribution in [0, 0.1) is 0 Å².